The number of hydrogen-bond donors (Lipinski definition) is 2. The Labute approximate surface area is 75.2 Å². The zero-order valence-corrected chi connectivity index (χ0v) is 6.88. The van der Waals surface area contributed by atoms with E-state index >= 15 is 0 Å². The number of nitrogen functional groups attached to an aromatic ring is 1. The molecule has 2 rings (SSSR count). The minimum absolute atomic E-state index is 0.619. The number of rotatable bonds is 2. The molecule has 0 aromatic carbocycles. The summed E-state index contributed by atoms with van der Waals surface area (Å²) >= 11 is 0. The minimum atomic E-state index is 0.619. The fraction of sp³-hybridized carbons (Fsp3) is 0. The van der Waals surface area contributed by atoms with Crippen LogP contribution in [0.25, 0.3) is 5.82 Å². The summed E-state index contributed by atoms with van der Waals surface area (Å²) in [6.07, 6.45) is 3.52. The van der Waals surface area contributed by atoms with Crippen LogP contribution in [0.4, 0.5) is 5.82 Å². The molecule has 0 saturated heterocycles. The number of nitrogens with zero attached hydrogens (tertiary/aromatic N) is 3. The Morgan fingerprint density at radius 3 is 2.92 bits per heavy atom. The van der Waals surface area contributed by atoms with E-state index in [-0.39, 0.29) is 0 Å². The molecule has 5 nitrogen and oxygen atoms in total. The maximum absolute atomic E-state index is 5.23. The van der Waals surface area contributed by atoms with Crippen LogP contribution in [0.3, 0.4) is 0 Å². The molecule has 5 heteroatoms. The SMILES string of the molecule is NNc1cccc(-n2cccn2)n1. The van der Waals surface area contributed by atoms with Crippen LogP contribution in [-0.2, 0) is 0 Å². The summed E-state index contributed by atoms with van der Waals surface area (Å²) in [5.74, 6) is 6.58. The van der Waals surface area contributed by atoms with Crippen LogP contribution < -0.4 is 11.3 Å². The van der Waals surface area contributed by atoms with Crippen LogP contribution in [0.5, 0.6) is 0 Å². The third kappa shape index (κ3) is 1.50. The van der Waals surface area contributed by atoms with E-state index in [1.807, 2.05) is 24.4 Å². The van der Waals surface area contributed by atoms with Gasteiger partial charge in [0.1, 0.15) is 5.82 Å². The first-order valence-electron chi connectivity index (χ1n) is 3.84. The number of pyridine rings is 1. The smallest absolute Gasteiger partial charge is 0.155 e. The van der Waals surface area contributed by atoms with Crippen molar-refractivity contribution < 1.29 is 0 Å². The number of nitrogens with two attached hydrogens (primary N) is 1. The van der Waals surface area contributed by atoms with Gasteiger partial charge in [0.25, 0.3) is 0 Å². The highest BCUT2D eigenvalue weighted by molar-refractivity contribution is 5.37. The van der Waals surface area contributed by atoms with Gasteiger partial charge < -0.3 is 5.43 Å². The van der Waals surface area contributed by atoms with Crippen molar-refractivity contribution in [2.75, 3.05) is 5.43 Å². The Balaban J connectivity index is 2.41. The number of hydrogen-bond acceptors (Lipinski definition) is 4. The molecule has 0 unspecified atom stereocenters. The summed E-state index contributed by atoms with van der Waals surface area (Å²) in [7, 11) is 0. The quantitative estimate of drug-likeness (QED) is 0.516. The van der Waals surface area contributed by atoms with Crippen molar-refractivity contribution >= 4 is 5.82 Å². The second-order valence-corrected chi connectivity index (χ2v) is 2.48. The molecule has 0 saturated carbocycles. The van der Waals surface area contributed by atoms with Crippen LogP contribution in [-0.4, -0.2) is 14.8 Å². The van der Waals surface area contributed by atoms with Gasteiger partial charge in [-0.1, -0.05) is 6.07 Å². The predicted molar refractivity (Wildman–Crippen MR) is 49.2 cm³/mol. The van der Waals surface area contributed by atoms with Crippen LogP contribution in [0.15, 0.2) is 36.7 Å². The van der Waals surface area contributed by atoms with E-state index in [2.05, 4.69) is 15.5 Å². The Morgan fingerprint density at radius 1 is 1.31 bits per heavy atom. The lowest BCUT2D eigenvalue weighted by Gasteiger charge is -2.02. The number of hydrazine groups is 1. The van der Waals surface area contributed by atoms with Gasteiger partial charge in [0.15, 0.2) is 5.82 Å². The first-order chi connectivity index (χ1) is 6.40. The third-order valence-corrected chi connectivity index (χ3v) is 1.62. The van der Waals surface area contributed by atoms with E-state index in [0.29, 0.717) is 5.82 Å². The average molecular weight is 175 g/mol. The minimum Gasteiger partial charge on any atom is -0.308 e. The molecule has 2 heterocycles. The van der Waals surface area contributed by atoms with E-state index in [4.69, 9.17) is 5.84 Å². The van der Waals surface area contributed by atoms with E-state index in [1.165, 1.54) is 0 Å². The van der Waals surface area contributed by atoms with Gasteiger partial charge in [-0.05, 0) is 18.2 Å². The summed E-state index contributed by atoms with van der Waals surface area (Å²) in [4.78, 5) is 4.20. The van der Waals surface area contributed by atoms with Crippen LogP contribution in [0, 0.1) is 0 Å². The van der Waals surface area contributed by atoms with Crippen molar-refractivity contribution in [2.45, 2.75) is 0 Å². The van der Waals surface area contributed by atoms with Gasteiger partial charge in [0.2, 0.25) is 0 Å². The molecule has 0 bridgehead atoms. The molecule has 13 heavy (non-hydrogen) atoms. The normalized spacial score (nSPS) is 9.92. The Hall–Kier alpha value is -1.88. The fourth-order valence-electron chi connectivity index (χ4n) is 1.04. The fourth-order valence-corrected chi connectivity index (χ4v) is 1.04. The number of nitrogens with one attached hydrogen (secondary N) is 1. The summed E-state index contributed by atoms with van der Waals surface area (Å²) < 4.78 is 1.67. The number of anilines is 1. The first kappa shape index (κ1) is 7.75. The molecule has 0 amide bonds. The van der Waals surface area contributed by atoms with Crippen molar-refractivity contribution in [1.29, 1.82) is 0 Å². The zero-order chi connectivity index (χ0) is 9.10. The van der Waals surface area contributed by atoms with Gasteiger partial charge in [-0.15, -0.1) is 0 Å². The van der Waals surface area contributed by atoms with E-state index < -0.39 is 0 Å². The highest BCUT2D eigenvalue weighted by atomic mass is 15.3. The zero-order valence-electron chi connectivity index (χ0n) is 6.88. The molecule has 3 N–H and O–H groups in total. The summed E-state index contributed by atoms with van der Waals surface area (Å²) in [5, 5.41) is 4.05. The molecule has 0 spiro atoms. The van der Waals surface area contributed by atoms with Gasteiger partial charge in [0, 0.05) is 12.4 Å². The first-order valence-corrected chi connectivity index (χ1v) is 3.84. The van der Waals surface area contributed by atoms with E-state index in [1.54, 1.807) is 16.9 Å². The molecular weight excluding hydrogens is 166 g/mol. The van der Waals surface area contributed by atoms with Crippen molar-refractivity contribution in [1.82, 2.24) is 14.8 Å². The largest absolute Gasteiger partial charge is 0.308 e. The van der Waals surface area contributed by atoms with Crippen molar-refractivity contribution in [3.8, 4) is 5.82 Å². The second kappa shape index (κ2) is 3.24. The Bertz CT molecular complexity index is 381. The molecule has 0 aliphatic carbocycles. The van der Waals surface area contributed by atoms with Crippen LogP contribution >= 0.6 is 0 Å². The lowest BCUT2D eigenvalue weighted by atomic mass is 10.4. The highest BCUT2D eigenvalue weighted by Gasteiger charge is 1.97. The lowest BCUT2D eigenvalue weighted by molar-refractivity contribution is 0.847. The van der Waals surface area contributed by atoms with Crippen LogP contribution in [0.2, 0.25) is 0 Å². The van der Waals surface area contributed by atoms with Gasteiger partial charge in [-0.2, -0.15) is 5.10 Å². The number of aromatic nitrogens is 3. The molecule has 0 fully saturated rings. The van der Waals surface area contributed by atoms with Crippen LogP contribution in [0.1, 0.15) is 0 Å². The average Bonchev–Trinajstić information content (AvgIpc) is 2.71. The Morgan fingerprint density at radius 2 is 2.23 bits per heavy atom. The highest BCUT2D eigenvalue weighted by Crippen LogP contribution is 2.06. The third-order valence-electron chi connectivity index (χ3n) is 1.62. The van der Waals surface area contributed by atoms with E-state index in [9.17, 15) is 0 Å². The molecule has 0 atom stereocenters. The topological polar surface area (TPSA) is 68.8 Å². The predicted octanol–water partition coefficient (Wildman–Crippen LogP) is 0.553. The van der Waals surface area contributed by atoms with Gasteiger partial charge >= 0.3 is 0 Å². The van der Waals surface area contributed by atoms with Gasteiger partial charge in [-0.3, -0.25) is 0 Å². The monoisotopic (exact) mass is 175 g/mol. The maximum atomic E-state index is 5.23. The molecule has 66 valence electrons. The van der Waals surface area contributed by atoms with Crippen molar-refractivity contribution in [2.24, 2.45) is 5.84 Å². The molecule has 0 radical (unpaired) electrons. The maximum Gasteiger partial charge on any atom is 0.155 e. The standard InChI is InChI=1S/C8H9N5/c9-12-7-3-1-4-8(11-7)13-6-2-5-10-13/h1-6H,9H2,(H,11,12). The lowest BCUT2D eigenvalue weighted by Crippen LogP contribution is -2.09. The molecule has 2 aromatic heterocycles. The second-order valence-electron chi connectivity index (χ2n) is 2.48. The van der Waals surface area contributed by atoms with Crippen molar-refractivity contribution in [3.63, 3.8) is 0 Å². The Kier molecular flexibility index (Phi) is 1.93. The molecule has 0 aliphatic heterocycles. The van der Waals surface area contributed by atoms with Crippen molar-refractivity contribution in [3.05, 3.63) is 36.7 Å². The summed E-state index contributed by atoms with van der Waals surface area (Å²) in [5.41, 5.74) is 2.48. The molecule has 2 aromatic rings. The summed E-state index contributed by atoms with van der Waals surface area (Å²) in [6, 6.07) is 7.34. The molecular formula is C8H9N5. The van der Waals surface area contributed by atoms with E-state index in [0.717, 1.165) is 5.82 Å². The van der Waals surface area contributed by atoms with Gasteiger partial charge in [0.05, 0.1) is 0 Å². The van der Waals surface area contributed by atoms with Gasteiger partial charge in [-0.25, -0.2) is 15.5 Å². The summed E-state index contributed by atoms with van der Waals surface area (Å²) in [6.45, 7) is 0. The molecule has 0 aliphatic rings.